The predicted molar refractivity (Wildman–Crippen MR) is 146 cm³/mol. The van der Waals surface area contributed by atoms with Gasteiger partial charge in [0.25, 0.3) is 11.8 Å². The first-order valence-corrected chi connectivity index (χ1v) is 12.3. The van der Waals surface area contributed by atoms with Crippen LogP contribution in [0.4, 0.5) is 5.69 Å². The number of carbonyl (C=O) groups excluding carboxylic acids is 3. The molecule has 1 aliphatic heterocycles. The molecule has 0 spiro atoms. The topological polar surface area (TPSA) is 126 Å². The maximum Gasteiger partial charge on any atom is 0.253 e. The number of carbonyl (C=O) groups is 3. The molecule has 1 heterocycles. The molecule has 3 amide bonds. The summed E-state index contributed by atoms with van der Waals surface area (Å²) in [5.74, 6) is -1.11. The van der Waals surface area contributed by atoms with Crippen LogP contribution in [-0.2, 0) is 25.5 Å². The second-order valence-corrected chi connectivity index (χ2v) is 8.87. The van der Waals surface area contributed by atoms with Crippen LogP contribution >= 0.6 is 12.4 Å². The monoisotopic (exact) mass is 524 g/mol. The molecule has 3 aromatic rings. The Kier molecular flexibility index (Phi) is 10.4. The number of hydrogen-bond donors (Lipinski definition) is 4. The van der Waals surface area contributed by atoms with Crippen molar-refractivity contribution in [1.29, 1.82) is 0 Å². The van der Waals surface area contributed by atoms with Gasteiger partial charge in [-0.3, -0.25) is 14.4 Å². The maximum absolute atomic E-state index is 13.1. The number of amides is 3. The third-order valence-electron chi connectivity index (χ3n) is 6.19. The molecule has 0 radical (unpaired) electrons. The SMILES string of the molecule is Cl.NCCCC[C@H](NC(=O)C1OC1C(=O)NCCc1ccccc1)C(=O)Nc1cccc2ccccc12. The fourth-order valence-electron chi connectivity index (χ4n) is 4.16. The predicted octanol–water partition coefficient (Wildman–Crippen LogP) is 2.94. The van der Waals surface area contributed by atoms with E-state index in [0.29, 0.717) is 38.0 Å². The van der Waals surface area contributed by atoms with Gasteiger partial charge in [0, 0.05) is 17.6 Å². The Morgan fingerprint density at radius 2 is 1.57 bits per heavy atom. The molecule has 0 aromatic heterocycles. The third-order valence-corrected chi connectivity index (χ3v) is 6.19. The fourth-order valence-corrected chi connectivity index (χ4v) is 4.16. The highest BCUT2D eigenvalue weighted by Crippen LogP contribution is 2.25. The number of hydrogen-bond acceptors (Lipinski definition) is 5. The lowest BCUT2D eigenvalue weighted by Gasteiger charge is -2.19. The molecule has 196 valence electrons. The van der Waals surface area contributed by atoms with Gasteiger partial charge >= 0.3 is 0 Å². The Labute approximate surface area is 222 Å². The zero-order chi connectivity index (χ0) is 25.3. The molecule has 1 aliphatic rings. The van der Waals surface area contributed by atoms with Crippen molar-refractivity contribution >= 4 is 46.6 Å². The van der Waals surface area contributed by atoms with E-state index in [4.69, 9.17) is 10.5 Å². The summed E-state index contributed by atoms with van der Waals surface area (Å²) >= 11 is 0. The molecule has 8 nitrogen and oxygen atoms in total. The van der Waals surface area contributed by atoms with E-state index in [1.54, 1.807) is 0 Å². The summed E-state index contributed by atoms with van der Waals surface area (Å²) < 4.78 is 5.35. The largest absolute Gasteiger partial charge is 0.353 e. The van der Waals surface area contributed by atoms with Crippen molar-refractivity contribution in [3.8, 4) is 0 Å². The highest BCUT2D eigenvalue weighted by atomic mass is 35.5. The number of anilines is 1. The van der Waals surface area contributed by atoms with Gasteiger partial charge < -0.3 is 26.4 Å². The van der Waals surface area contributed by atoms with E-state index in [-0.39, 0.29) is 24.2 Å². The lowest BCUT2D eigenvalue weighted by atomic mass is 10.1. The summed E-state index contributed by atoms with van der Waals surface area (Å²) in [6, 6.07) is 22.5. The highest BCUT2D eigenvalue weighted by molar-refractivity contribution is 6.05. The molecule has 4 rings (SSSR count). The minimum Gasteiger partial charge on any atom is -0.353 e. The van der Waals surface area contributed by atoms with E-state index >= 15 is 0 Å². The minimum atomic E-state index is -0.899. The standard InChI is InChI=1S/C28H32N4O4.ClH/c29-17-7-6-14-23(26(33)31-22-15-8-12-20-11-4-5-13-21(20)22)32-28(35)25-24(36-25)27(34)30-18-16-19-9-2-1-3-10-19;/h1-5,8-13,15,23-25H,6-7,14,16-18,29H2,(H,30,34)(H,31,33)(H,32,35);1H/t23-,24?,25?;/m0./s1. The van der Waals surface area contributed by atoms with Crippen molar-refractivity contribution in [2.75, 3.05) is 18.4 Å². The molecular weight excluding hydrogens is 492 g/mol. The second-order valence-electron chi connectivity index (χ2n) is 8.87. The number of nitrogens with one attached hydrogen (secondary N) is 3. The van der Waals surface area contributed by atoms with Crippen LogP contribution in [0.3, 0.4) is 0 Å². The lowest BCUT2D eigenvalue weighted by Crippen LogP contribution is -2.46. The second kappa shape index (κ2) is 13.7. The Bertz CT molecular complexity index is 1200. The molecule has 2 unspecified atom stereocenters. The molecule has 3 aromatic carbocycles. The van der Waals surface area contributed by atoms with E-state index in [0.717, 1.165) is 22.8 Å². The van der Waals surface area contributed by atoms with Crippen molar-refractivity contribution in [2.45, 2.75) is 43.9 Å². The van der Waals surface area contributed by atoms with Crippen molar-refractivity contribution < 1.29 is 19.1 Å². The third kappa shape index (κ3) is 7.76. The Balaban J connectivity index is 0.00000380. The first-order chi connectivity index (χ1) is 17.6. The van der Waals surface area contributed by atoms with Gasteiger partial charge in [0.2, 0.25) is 5.91 Å². The zero-order valence-electron chi connectivity index (χ0n) is 20.5. The van der Waals surface area contributed by atoms with Gasteiger partial charge in [0.15, 0.2) is 12.2 Å². The van der Waals surface area contributed by atoms with Crippen molar-refractivity contribution in [3.05, 3.63) is 78.4 Å². The summed E-state index contributed by atoms with van der Waals surface area (Å²) in [7, 11) is 0. The molecule has 1 saturated heterocycles. The average Bonchev–Trinajstić information content (AvgIpc) is 3.70. The summed E-state index contributed by atoms with van der Waals surface area (Å²) in [5.41, 5.74) is 7.40. The summed E-state index contributed by atoms with van der Waals surface area (Å²) in [4.78, 5) is 38.3. The normalized spacial score (nSPS) is 16.8. The number of fused-ring (bicyclic) bond motifs is 1. The highest BCUT2D eigenvalue weighted by Gasteiger charge is 2.50. The van der Waals surface area contributed by atoms with E-state index in [1.165, 1.54) is 0 Å². The molecule has 0 saturated carbocycles. The van der Waals surface area contributed by atoms with Crippen LogP contribution in [0.1, 0.15) is 24.8 Å². The number of epoxide rings is 1. The average molecular weight is 525 g/mol. The minimum absolute atomic E-state index is 0. The van der Waals surface area contributed by atoms with Gasteiger partial charge in [-0.1, -0.05) is 66.7 Å². The molecule has 3 atom stereocenters. The number of nitrogens with two attached hydrogens (primary N) is 1. The summed E-state index contributed by atoms with van der Waals surface area (Å²) in [5, 5.41) is 10.5. The Morgan fingerprint density at radius 3 is 2.35 bits per heavy atom. The van der Waals surface area contributed by atoms with Crippen LogP contribution in [0.5, 0.6) is 0 Å². The number of ether oxygens (including phenoxy) is 1. The molecular formula is C28H33ClN4O4. The molecule has 9 heteroatoms. The van der Waals surface area contributed by atoms with Crippen LogP contribution in [0.15, 0.2) is 72.8 Å². The van der Waals surface area contributed by atoms with Crippen molar-refractivity contribution in [2.24, 2.45) is 5.73 Å². The van der Waals surface area contributed by atoms with Gasteiger partial charge in [0.1, 0.15) is 6.04 Å². The molecule has 37 heavy (non-hydrogen) atoms. The first-order valence-electron chi connectivity index (χ1n) is 12.3. The summed E-state index contributed by atoms with van der Waals surface area (Å²) in [6.45, 7) is 0.953. The van der Waals surface area contributed by atoms with Gasteiger partial charge in [-0.2, -0.15) is 0 Å². The molecule has 0 bridgehead atoms. The lowest BCUT2D eigenvalue weighted by molar-refractivity contribution is -0.127. The fraction of sp³-hybridized carbons (Fsp3) is 0.321. The van der Waals surface area contributed by atoms with Crippen LogP contribution in [0.2, 0.25) is 0 Å². The summed E-state index contributed by atoms with van der Waals surface area (Å²) in [6.07, 6.45) is 0.795. The quantitative estimate of drug-likeness (QED) is 0.214. The molecule has 1 fully saturated rings. The van der Waals surface area contributed by atoms with Gasteiger partial charge in [0.05, 0.1) is 0 Å². The zero-order valence-corrected chi connectivity index (χ0v) is 21.3. The van der Waals surface area contributed by atoms with E-state index in [1.807, 2.05) is 72.8 Å². The van der Waals surface area contributed by atoms with Crippen LogP contribution in [0, 0.1) is 0 Å². The Hall–Kier alpha value is -3.46. The van der Waals surface area contributed by atoms with Crippen LogP contribution in [0.25, 0.3) is 10.8 Å². The van der Waals surface area contributed by atoms with E-state index < -0.39 is 24.2 Å². The number of rotatable bonds is 12. The van der Waals surface area contributed by atoms with Crippen LogP contribution < -0.4 is 21.7 Å². The molecule has 5 N–H and O–H groups in total. The maximum atomic E-state index is 13.1. The van der Waals surface area contributed by atoms with Gasteiger partial charge in [-0.25, -0.2) is 0 Å². The smallest absolute Gasteiger partial charge is 0.253 e. The number of benzene rings is 3. The Morgan fingerprint density at radius 1 is 0.865 bits per heavy atom. The van der Waals surface area contributed by atoms with E-state index in [2.05, 4.69) is 16.0 Å². The van der Waals surface area contributed by atoms with Crippen molar-refractivity contribution in [3.63, 3.8) is 0 Å². The van der Waals surface area contributed by atoms with Crippen LogP contribution in [-0.4, -0.2) is 49.1 Å². The number of halogens is 1. The van der Waals surface area contributed by atoms with Gasteiger partial charge in [-0.15, -0.1) is 12.4 Å². The first kappa shape index (κ1) is 28.1. The van der Waals surface area contributed by atoms with E-state index in [9.17, 15) is 14.4 Å². The number of unbranched alkanes of at least 4 members (excludes halogenated alkanes) is 1. The van der Waals surface area contributed by atoms with Gasteiger partial charge in [-0.05, 0) is 49.2 Å². The van der Waals surface area contributed by atoms with Crippen molar-refractivity contribution in [1.82, 2.24) is 10.6 Å². The molecule has 0 aliphatic carbocycles.